The first-order valence-corrected chi connectivity index (χ1v) is 6.36. The van der Waals surface area contributed by atoms with Gasteiger partial charge in [0.1, 0.15) is 11.6 Å². The number of H-pyrrole nitrogens is 1. The minimum atomic E-state index is -0.620. The standard InChI is InChI=1S/C13H17N3O3/c1-9(13(19)16-6-2-3-7-16)15-12(18)10-8-14-5-4-11(10)17/h4-5,8-9H,2-3,6-7H2,1H3,(H,14,17)(H,15,18). The highest BCUT2D eigenvalue weighted by Crippen LogP contribution is 2.09. The van der Waals surface area contributed by atoms with Crippen LogP contribution in [0.4, 0.5) is 0 Å². The van der Waals surface area contributed by atoms with Crippen LogP contribution in [0, 0.1) is 0 Å². The number of aromatic amines is 1. The molecule has 2 rings (SSSR count). The molecule has 102 valence electrons. The van der Waals surface area contributed by atoms with Gasteiger partial charge in [-0.15, -0.1) is 0 Å². The quantitative estimate of drug-likeness (QED) is 0.812. The van der Waals surface area contributed by atoms with Crippen molar-refractivity contribution in [1.82, 2.24) is 15.2 Å². The largest absolute Gasteiger partial charge is 0.367 e. The van der Waals surface area contributed by atoms with E-state index in [0.29, 0.717) is 0 Å². The number of nitrogens with one attached hydrogen (secondary N) is 2. The third kappa shape index (κ3) is 3.01. The van der Waals surface area contributed by atoms with Crippen molar-refractivity contribution in [1.29, 1.82) is 0 Å². The van der Waals surface area contributed by atoms with Crippen molar-refractivity contribution >= 4 is 11.8 Å². The number of hydrogen-bond donors (Lipinski definition) is 2. The molecule has 2 heterocycles. The van der Waals surface area contributed by atoms with Crippen molar-refractivity contribution in [3.63, 3.8) is 0 Å². The summed E-state index contributed by atoms with van der Waals surface area (Å²) in [5, 5.41) is 2.56. The Labute approximate surface area is 110 Å². The highest BCUT2D eigenvalue weighted by atomic mass is 16.2. The van der Waals surface area contributed by atoms with E-state index >= 15 is 0 Å². The van der Waals surface area contributed by atoms with Crippen LogP contribution in [0.25, 0.3) is 0 Å². The van der Waals surface area contributed by atoms with Gasteiger partial charge in [-0.25, -0.2) is 0 Å². The molecule has 0 bridgehead atoms. The number of aromatic nitrogens is 1. The maximum Gasteiger partial charge on any atom is 0.257 e. The highest BCUT2D eigenvalue weighted by Gasteiger charge is 2.25. The first-order valence-electron chi connectivity index (χ1n) is 6.36. The second kappa shape index (κ2) is 5.69. The summed E-state index contributed by atoms with van der Waals surface area (Å²) in [6.07, 6.45) is 4.80. The fraction of sp³-hybridized carbons (Fsp3) is 0.462. The van der Waals surface area contributed by atoms with Gasteiger partial charge in [0.2, 0.25) is 5.91 Å². The van der Waals surface area contributed by atoms with E-state index in [4.69, 9.17) is 0 Å². The van der Waals surface area contributed by atoms with Crippen LogP contribution in [0.2, 0.25) is 0 Å². The maximum absolute atomic E-state index is 12.0. The van der Waals surface area contributed by atoms with E-state index in [-0.39, 0.29) is 16.9 Å². The Hall–Kier alpha value is -2.11. The van der Waals surface area contributed by atoms with Gasteiger partial charge in [0.15, 0.2) is 5.43 Å². The van der Waals surface area contributed by atoms with Crippen LogP contribution < -0.4 is 10.7 Å². The second-order valence-electron chi connectivity index (χ2n) is 4.65. The van der Waals surface area contributed by atoms with Crippen LogP contribution in [0.1, 0.15) is 30.1 Å². The molecule has 0 saturated carbocycles. The second-order valence-corrected chi connectivity index (χ2v) is 4.65. The number of hydrogen-bond acceptors (Lipinski definition) is 3. The molecule has 0 aromatic carbocycles. The molecular formula is C13H17N3O3. The maximum atomic E-state index is 12.0. The van der Waals surface area contributed by atoms with E-state index in [0.717, 1.165) is 25.9 Å². The van der Waals surface area contributed by atoms with Crippen molar-refractivity contribution in [2.24, 2.45) is 0 Å². The van der Waals surface area contributed by atoms with Gasteiger partial charge in [0.05, 0.1) is 0 Å². The molecule has 2 amide bonds. The number of nitrogens with zero attached hydrogens (tertiary/aromatic N) is 1. The van der Waals surface area contributed by atoms with Crippen LogP contribution in [-0.2, 0) is 4.79 Å². The molecule has 1 atom stereocenters. The topological polar surface area (TPSA) is 82.3 Å². The summed E-state index contributed by atoms with van der Waals surface area (Å²) < 4.78 is 0. The molecule has 1 saturated heterocycles. The molecule has 0 spiro atoms. The fourth-order valence-corrected chi connectivity index (χ4v) is 2.14. The van der Waals surface area contributed by atoms with Crippen LogP contribution in [0.15, 0.2) is 23.3 Å². The Morgan fingerprint density at radius 3 is 2.68 bits per heavy atom. The lowest BCUT2D eigenvalue weighted by Gasteiger charge is -2.20. The zero-order chi connectivity index (χ0) is 13.8. The molecule has 0 radical (unpaired) electrons. The number of likely N-dealkylation sites (tertiary alicyclic amines) is 1. The Morgan fingerprint density at radius 1 is 1.37 bits per heavy atom. The highest BCUT2D eigenvalue weighted by molar-refractivity contribution is 5.97. The predicted molar refractivity (Wildman–Crippen MR) is 69.8 cm³/mol. The van der Waals surface area contributed by atoms with Gasteiger partial charge in [-0.05, 0) is 19.8 Å². The van der Waals surface area contributed by atoms with E-state index in [1.165, 1.54) is 18.5 Å². The molecule has 6 nitrogen and oxygen atoms in total. The molecular weight excluding hydrogens is 246 g/mol. The van der Waals surface area contributed by atoms with Crippen molar-refractivity contribution < 1.29 is 9.59 Å². The van der Waals surface area contributed by atoms with Crippen molar-refractivity contribution in [2.75, 3.05) is 13.1 Å². The molecule has 1 aliphatic heterocycles. The molecule has 1 fully saturated rings. The van der Waals surface area contributed by atoms with E-state index in [1.807, 2.05) is 0 Å². The lowest BCUT2D eigenvalue weighted by molar-refractivity contribution is -0.131. The van der Waals surface area contributed by atoms with Gasteiger partial charge in [-0.2, -0.15) is 0 Å². The SMILES string of the molecule is CC(NC(=O)c1c[nH]ccc1=O)C(=O)N1CCCC1. The molecule has 1 aromatic rings. The first-order chi connectivity index (χ1) is 9.09. The zero-order valence-corrected chi connectivity index (χ0v) is 10.8. The summed E-state index contributed by atoms with van der Waals surface area (Å²) in [4.78, 5) is 39.8. The summed E-state index contributed by atoms with van der Waals surface area (Å²) in [5.41, 5.74) is -0.347. The Morgan fingerprint density at radius 2 is 2.05 bits per heavy atom. The molecule has 6 heteroatoms. The molecule has 1 unspecified atom stereocenters. The first kappa shape index (κ1) is 13.3. The van der Waals surface area contributed by atoms with E-state index in [9.17, 15) is 14.4 Å². The lowest BCUT2D eigenvalue weighted by Crippen LogP contribution is -2.46. The Balaban J connectivity index is 2.00. The van der Waals surface area contributed by atoms with Gasteiger partial charge in [-0.1, -0.05) is 0 Å². The molecule has 1 aliphatic rings. The van der Waals surface area contributed by atoms with Gasteiger partial charge in [0, 0.05) is 31.5 Å². The summed E-state index contributed by atoms with van der Waals surface area (Å²) >= 11 is 0. The molecule has 0 aliphatic carbocycles. The van der Waals surface area contributed by atoms with Crippen molar-refractivity contribution in [2.45, 2.75) is 25.8 Å². The van der Waals surface area contributed by atoms with Crippen LogP contribution in [0.5, 0.6) is 0 Å². The summed E-state index contributed by atoms with van der Waals surface area (Å²) in [5.74, 6) is -0.625. The van der Waals surface area contributed by atoms with E-state index in [1.54, 1.807) is 11.8 Å². The average Bonchev–Trinajstić information content (AvgIpc) is 2.92. The molecule has 2 N–H and O–H groups in total. The normalized spacial score (nSPS) is 16.2. The minimum Gasteiger partial charge on any atom is -0.367 e. The number of carbonyl (C=O) groups is 2. The van der Waals surface area contributed by atoms with E-state index in [2.05, 4.69) is 10.3 Å². The summed E-state index contributed by atoms with van der Waals surface area (Å²) in [7, 11) is 0. The average molecular weight is 263 g/mol. The minimum absolute atomic E-state index is 0.0172. The fourth-order valence-electron chi connectivity index (χ4n) is 2.14. The number of amides is 2. The smallest absolute Gasteiger partial charge is 0.257 e. The number of rotatable bonds is 3. The van der Waals surface area contributed by atoms with Gasteiger partial charge < -0.3 is 15.2 Å². The summed E-state index contributed by atoms with van der Waals surface area (Å²) in [6.45, 7) is 3.12. The van der Waals surface area contributed by atoms with Crippen LogP contribution in [-0.4, -0.2) is 40.8 Å². The Kier molecular flexibility index (Phi) is 3.99. The van der Waals surface area contributed by atoms with Gasteiger partial charge >= 0.3 is 0 Å². The van der Waals surface area contributed by atoms with Crippen molar-refractivity contribution in [3.8, 4) is 0 Å². The summed E-state index contributed by atoms with van der Waals surface area (Å²) in [6, 6.07) is 0.659. The predicted octanol–water partition coefficient (Wildman–Crippen LogP) is 0.116. The van der Waals surface area contributed by atoms with Gasteiger partial charge in [-0.3, -0.25) is 14.4 Å². The van der Waals surface area contributed by atoms with Gasteiger partial charge in [0.25, 0.3) is 5.91 Å². The van der Waals surface area contributed by atoms with Crippen LogP contribution >= 0.6 is 0 Å². The number of carbonyl (C=O) groups excluding carboxylic acids is 2. The zero-order valence-electron chi connectivity index (χ0n) is 10.8. The van der Waals surface area contributed by atoms with Crippen molar-refractivity contribution in [3.05, 3.63) is 34.2 Å². The third-order valence-electron chi connectivity index (χ3n) is 3.20. The number of pyridine rings is 1. The Bertz CT molecular complexity index is 532. The monoisotopic (exact) mass is 263 g/mol. The third-order valence-corrected chi connectivity index (χ3v) is 3.20. The molecule has 19 heavy (non-hydrogen) atoms. The van der Waals surface area contributed by atoms with Crippen LogP contribution in [0.3, 0.4) is 0 Å². The van der Waals surface area contributed by atoms with E-state index < -0.39 is 11.9 Å². The lowest BCUT2D eigenvalue weighted by atomic mass is 10.2. The molecule has 1 aromatic heterocycles.